The second-order valence-electron chi connectivity index (χ2n) is 10.00. The highest BCUT2D eigenvalue weighted by molar-refractivity contribution is 6.02. The number of para-hydroxylation sites is 2. The number of hydrogen-bond donors (Lipinski definition) is 1. The van der Waals surface area contributed by atoms with Crippen LogP contribution in [0.4, 0.5) is 5.69 Å². The standard InChI is InChI=1S/C31H32N4O4/c1-33-24-10-6-5-9-23(24)31(37)35-16-14-22-21-8-4-7-11-25(21)34(29(22)30(33)35)17-15-28(36)32-19-20-12-13-26(38-2)27(18-20)39-3/h4-13,18,30H,14-17,19H2,1-3H3,(H,32,36). The lowest BCUT2D eigenvalue weighted by molar-refractivity contribution is -0.121. The fourth-order valence-corrected chi connectivity index (χ4v) is 6.04. The summed E-state index contributed by atoms with van der Waals surface area (Å²) >= 11 is 0. The first kappa shape index (κ1) is 24.9. The Morgan fingerprint density at radius 1 is 1.00 bits per heavy atom. The third-order valence-electron chi connectivity index (χ3n) is 7.90. The SMILES string of the molecule is COc1ccc(CNC(=O)CCn2c3c(c4ccccc42)CCN2C(=O)c4ccccc4N(C)C32)cc1OC. The highest BCUT2D eigenvalue weighted by Crippen LogP contribution is 2.44. The van der Waals surface area contributed by atoms with Gasteiger partial charge in [-0.1, -0.05) is 36.4 Å². The maximum absolute atomic E-state index is 13.5. The number of aryl methyl sites for hydroxylation is 1. The molecule has 8 nitrogen and oxygen atoms in total. The summed E-state index contributed by atoms with van der Waals surface area (Å²) in [5, 5.41) is 4.23. The first-order valence-corrected chi connectivity index (χ1v) is 13.2. The van der Waals surface area contributed by atoms with Crippen LogP contribution in [-0.2, 0) is 24.3 Å². The van der Waals surface area contributed by atoms with Crippen LogP contribution in [0.2, 0.25) is 0 Å². The molecule has 0 bridgehead atoms. The Labute approximate surface area is 227 Å². The van der Waals surface area contributed by atoms with Crippen molar-refractivity contribution in [3.8, 4) is 11.5 Å². The molecule has 0 aliphatic carbocycles. The van der Waals surface area contributed by atoms with Gasteiger partial charge in [0.1, 0.15) is 6.17 Å². The first-order valence-electron chi connectivity index (χ1n) is 13.2. The van der Waals surface area contributed by atoms with E-state index in [1.54, 1.807) is 14.2 Å². The van der Waals surface area contributed by atoms with Gasteiger partial charge in [0.05, 0.1) is 31.2 Å². The molecular formula is C31H32N4O4. The molecule has 6 rings (SSSR count). The van der Waals surface area contributed by atoms with Gasteiger partial charge in [0.2, 0.25) is 5.91 Å². The average molecular weight is 525 g/mol. The second kappa shape index (κ2) is 10.0. The van der Waals surface area contributed by atoms with Gasteiger partial charge in [0.15, 0.2) is 11.5 Å². The van der Waals surface area contributed by atoms with Crippen molar-refractivity contribution in [1.82, 2.24) is 14.8 Å². The van der Waals surface area contributed by atoms with Crippen LogP contribution in [-0.4, -0.2) is 49.1 Å². The molecule has 0 spiro atoms. The topological polar surface area (TPSA) is 76.0 Å². The molecule has 1 atom stereocenters. The van der Waals surface area contributed by atoms with E-state index in [-0.39, 0.29) is 18.0 Å². The molecule has 0 radical (unpaired) electrons. The highest BCUT2D eigenvalue weighted by atomic mass is 16.5. The number of anilines is 1. The number of carbonyl (C=O) groups is 2. The van der Waals surface area contributed by atoms with Gasteiger partial charge in [-0.15, -0.1) is 0 Å². The van der Waals surface area contributed by atoms with Gasteiger partial charge in [-0.2, -0.15) is 0 Å². The summed E-state index contributed by atoms with van der Waals surface area (Å²) in [6.07, 6.45) is 0.879. The number of nitrogens with zero attached hydrogens (tertiary/aromatic N) is 3. The average Bonchev–Trinajstić information content (AvgIpc) is 3.30. The predicted octanol–water partition coefficient (Wildman–Crippen LogP) is 4.51. The number of fused-ring (bicyclic) bond motifs is 6. The van der Waals surface area contributed by atoms with Crippen LogP contribution < -0.4 is 19.7 Å². The van der Waals surface area contributed by atoms with E-state index < -0.39 is 0 Å². The minimum atomic E-state index is -0.224. The molecule has 0 saturated carbocycles. The number of rotatable bonds is 7. The molecule has 3 heterocycles. The third kappa shape index (κ3) is 4.16. The van der Waals surface area contributed by atoms with Crippen LogP contribution in [0.5, 0.6) is 11.5 Å². The van der Waals surface area contributed by atoms with Crippen LogP contribution in [0, 0.1) is 0 Å². The van der Waals surface area contributed by atoms with Gasteiger partial charge in [0, 0.05) is 44.0 Å². The summed E-state index contributed by atoms with van der Waals surface area (Å²) in [6, 6.07) is 21.8. The van der Waals surface area contributed by atoms with E-state index in [1.165, 1.54) is 10.9 Å². The smallest absolute Gasteiger partial charge is 0.257 e. The monoisotopic (exact) mass is 524 g/mol. The van der Waals surface area contributed by atoms with Crippen LogP contribution in [0.15, 0.2) is 66.7 Å². The van der Waals surface area contributed by atoms with Gasteiger partial charge in [-0.05, 0) is 47.9 Å². The summed E-state index contributed by atoms with van der Waals surface area (Å²) in [4.78, 5) is 30.7. The molecule has 0 fully saturated rings. The predicted molar refractivity (Wildman–Crippen MR) is 150 cm³/mol. The van der Waals surface area contributed by atoms with Crippen molar-refractivity contribution in [2.45, 2.75) is 32.1 Å². The lowest BCUT2D eigenvalue weighted by atomic mass is 9.96. The fraction of sp³-hybridized carbons (Fsp3) is 0.290. The maximum atomic E-state index is 13.5. The summed E-state index contributed by atoms with van der Waals surface area (Å²) in [7, 11) is 5.25. The number of ether oxygens (including phenoxy) is 2. The minimum Gasteiger partial charge on any atom is -0.493 e. The quantitative estimate of drug-likeness (QED) is 0.385. The molecule has 2 aliphatic heterocycles. The summed E-state index contributed by atoms with van der Waals surface area (Å²) < 4.78 is 12.9. The summed E-state index contributed by atoms with van der Waals surface area (Å²) in [5.41, 5.74) is 6.05. The molecule has 39 heavy (non-hydrogen) atoms. The van der Waals surface area contributed by atoms with Crippen molar-refractivity contribution in [1.29, 1.82) is 0 Å². The molecular weight excluding hydrogens is 492 g/mol. The van der Waals surface area contributed by atoms with Crippen LogP contribution >= 0.6 is 0 Å². The molecule has 0 saturated heterocycles. The molecule has 200 valence electrons. The summed E-state index contributed by atoms with van der Waals surface area (Å²) in [5.74, 6) is 1.30. The van der Waals surface area contributed by atoms with Crippen LogP contribution in [0.1, 0.15) is 39.8 Å². The Kier molecular flexibility index (Phi) is 6.38. The van der Waals surface area contributed by atoms with Gasteiger partial charge in [0.25, 0.3) is 5.91 Å². The van der Waals surface area contributed by atoms with Crippen molar-refractivity contribution in [3.63, 3.8) is 0 Å². The van der Waals surface area contributed by atoms with E-state index in [9.17, 15) is 9.59 Å². The van der Waals surface area contributed by atoms with Gasteiger partial charge in [-0.25, -0.2) is 0 Å². The highest BCUT2D eigenvalue weighted by Gasteiger charge is 2.42. The van der Waals surface area contributed by atoms with Crippen molar-refractivity contribution in [2.24, 2.45) is 0 Å². The largest absolute Gasteiger partial charge is 0.493 e. The number of hydrogen-bond acceptors (Lipinski definition) is 5. The number of nitrogens with one attached hydrogen (secondary N) is 1. The van der Waals surface area contributed by atoms with E-state index in [4.69, 9.17) is 9.47 Å². The van der Waals surface area contributed by atoms with Crippen molar-refractivity contribution in [2.75, 3.05) is 32.7 Å². The van der Waals surface area contributed by atoms with Crippen molar-refractivity contribution < 1.29 is 19.1 Å². The zero-order valence-electron chi connectivity index (χ0n) is 22.4. The van der Waals surface area contributed by atoms with E-state index in [2.05, 4.69) is 40.0 Å². The number of methoxy groups -OCH3 is 2. The Hall–Kier alpha value is -4.46. The number of carbonyl (C=O) groups excluding carboxylic acids is 2. The zero-order valence-corrected chi connectivity index (χ0v) is 22.4. The van der Waals surface area contributed by atoms with Gasteiger partial charge < -0.3 is 29.2 Å². The molecule has 2 aliphatic rings. The van der Waals surface area contributed by atoms with Gasteiger partial charge in [-0.3, -0.25) is 9.59 Å². The second-order valence-corrected chi connectivity index (χ2v) is 10.00. The zero-order chi connectivity index (χ0) is 27.1. The van der Waals surface area contributed by atoms with Crippen molar-refractivity contribution >= 4 is 28.4 Å². The lowest BCUT2D eigenvalue weighted by Gasteiger charge is -2.46. The Morgan fingerprint density at radius 2 is 1.77 bits per heavy atom. The molecule has 8 heteroatoms. The lowest BCUT2D eigenvalue weighted by Crippen LogP contribution is -2.51. The maximum Gasteiger partial charge on any atom is 0.257 e. The fourth-order valence-electron chi connectivity index (χ4n) is 6.04. The number of benzene rings is 3. The molecule has 1 unspecified atom stereocenters. The van der Waals surface area contributed by atoms with Crippen LogP contribution in [0.3, 0.4) is 0 Å². The Balaban J connectivity index is 1.27. The summed E-state index contributed by atoms with van der Waals surface area (Å²) in [6.45, 7) is 1.57. The van der Waals surface area contributed by atoms with E-state index in [0.29, 0.717) is 37.6 Å². The molecule has 1 aromatic heterocycles. The third-order valence-corrected chi connectivity index (χ3v) is 7.90. The molecule has 4 aromatic rings. The molecule has 2 amide bonds. The normalized spacial score (nSPS) is 16.0. The number of amides is 2. The van der Waals surface area contributed by atoms with E-state index in [1.807, 2.05) is 53.4 Å². The van der Waals surface area contributed by atoms with Crippen molar-refractivity contribution in [3.05, 3.63) is 89.1 Å². The Morgan fingerprint density at radius 3 is 2.59 bits per heavy atom. The first-order chi connectivity index (χ1) is 19.0. The molecule has 1 N–H and O–H groups in total. The van der Waals surface area contributed by atoms with E-state index in [0.717, 1.165) is 34.4 Å². The van der Waals surface area contributed by atoms with Crippen LogP contribution in [0.25, 0.3) is 10.9 Å². The number of aromatic nitrogens is 1. The van der Waals surface area contributed by atoms with Gasteiger partial charge >= 0.3 is 0 Å². The Bertz CT molecular complexity index is 1580. The van der Waals surface area contributed by atoms with E-state index >= 15 is 0 Å². The molecule has 3 aromatic carbocycles. The minimum absolute atomic E-state index is 0.0394.